The number of nitro benzene ring substituents is 1. The van der Waals surface area contributed by atoms with Gasteiger partial charge in [0.05, 0.1) is 43.1 Å². The second-order valence-corrected chi connectivity index (χ2v) is 11.7. The number of sulfonamides is 2. The van der Waals surface area contributed by atoms with E-state index in [1.54, 1.807) is 6.07 Å². The molecular weight excluding hydrogens is 568 g/mol. The molecule has 0 bridgehead atoms. The average molecular weight is 595 g/mol. The van der Waals surface area contributed by atoms with E-state index in [1.807, 2.05) is 0 Å². The summed E-state index contributed by atoms with van der Waals surface area (Å²) < 4.78 is 69.3. The zero-order valence-electron chi connectivity index (χ0n) is 21.8. The van der Waals surface area contributed by atoms with Crippen molar-refractivity contribution in [2.75, 3.05) is 48.5 Å². The molecule has 0 saturated carbocycles. The van der Waals surface area contributed by atoms with Gasteiger partial charge in [-0.25, -0.2) is 16.8 Å². The molecule has 0 atom stereocenters. The van der Waals surface area contributed by atoms with Crippen LogP contribution in [0.3, 0.4) is 0 Å². The van der Waals surface area contributed by atoms with Crippen LogP contribution in [0.1, 0.15) is 0 Å². The minimum absolute atomic E-state index is 0.000579. The first-order valence-electron chi connectivity index (χ1n) is 11.2. The number of ether oxygens (including phenoxy) is 3. The summed E-state index contributed by atoms with van der Waals surface area (Å²) in [5.74, 6) is -0.0871. The second-order valence-electron chi connectivity index (χ2n) is 8.13. The smallest absolute Gasteiger partial charge is 0.271 e. The first kappa shape index (κ1) is 30.0. The molecule has 40 heavy (non-hydrogen) atoms. The lowest BCUT2D eigenvalue weighted by atomic mass is 10.2. The Balaban J connectivity index is 1.79. The normalized spacial score (nSPS) is 11.3. The van der Waals surface area contributed by atoms with E-state index in [2.05, 4.69) is 10.0 Å². The Bertz CT molecular complexity index is 1630. The van der Waals surface area contributed by atoms with Crippen molar-refractivity contribution in [1.29, 1.82) is 0 Å². The van der Waals surface area contributed by atoms with E-state index in [0.717, 1.165) is 18.4 Å². The molecule has 0 aliphatic carbocycles. The highest BCUT2D eigenvalue weighted by atomic mass is 32.2. The summed E-state index contributed by atoms with van der Waals surface area (Å²) in [6.07, 6.45) is 0.836. The first-order valence-corrected chi connectivity index (χ1v) is 14.6. The van der Waals surface area contributed by atoms with Gasteiger partial charge in [0.25, 0.3) is 15.7 Å². The van der Waals surface area contributed by atoms with Crippen LogP contribution in [0.25, 0.3) is 0 Å². The van der Waals surface area contributed by atoms with E-state index in [4.69, 9.17) is 14.2 Å². The number of nitrogens with zero attached hydrogens (tertiary/aromatic N) is 2. The van der Waals surface area contributed by atoms with Crippen LogP contribution < -0.4 is 28.6 Å². The molecule has 0 saturated heterocycles. The lowest BCUT2D eigenvalue weighted by Gasteiger charge is -2.23. The number of hydrogen-bond acceptors (Lipinski definition) is 10. The quantitative estimate of drug-likeness (QED) is 0.233. The Kier molecular flexibility index (Phi) is 9.06. The molecule has 0 fully saturated rings. The minimum Gasteiger partial charge on any atom is -0.497 e. The van der Waals surface area contributed by atoms with Gasteiger partial charge in [-0.3, -0.25) is 23.9 Å². The highest BCUT2D eigenvalue weighted by Crippen LogP contribution is 2.34. The van der Waals surface area contributed by atoms with Crippen LogP contribution in [0.5, 0.6) is 17.2 Å². The van der Waals surface area contributed by atoms with E-state index >= 15 is 0 Å². The molecule has 0 unspecified atom stereocenters. The largest absolute Gasteiger partial charge is 0.497 e. The summed E-state index contributed by atoms with van der Waals surface area (Å²) in [5, 5.41) is 13.7. The average Bonchev–Trinajstić information content (AvgIpc) is 2.91. The number of carbonyl (C=O) groups is 1. The molecule has 1 amide bonds. The van der Waals surface area contributed by atoms with Gasteiger partial charge < -0.3 is 19.5 Å². The Hall–Kier alpha value is -4.57. The van der Waals surface area contributed by atoms with Crippen molar-refractivity contribution in [3.63, 3.8) is 0 Å². The lowest BCUT2D eigenvalue weighted by Crippen LogP contribution is -2.37. The number of hydrogen-bond donors (Lipinski definition) is 2. The summed E-state index contributed by atoms with van der Waals surface area (Å²) >= 11 is 0. The topological polar surface area (TPSA) is 183 Å². The van der Waals surface area contributed by atoms with Gasteiger partial charge in [-0.2, -0.15) is 0 Å². The van der Waals surface area contributed by atoms with Crippen LogP contribution in [0.15, 0.2) is 65.6 Å². The lowest BCUT2D eigenvalue weighted by molar-refractivity contribution is -0.384. The molecule has 3 rings (SSSR count). The molecule has 3 aromatic rings. The van der Waals surface area contributed by atoms with E-state index < -0.39 is 43.1 Å². The van der Waals surface area contributed by atoms with E-state index in [0.29, 0.717) is 10.1 Å². The van der Waals surface area contributed by atoms with Gasteiger partial charge in [0.2, 0.25) is 15.9 Å². The minimum atomic E-state index is -4.08. The number of benzene rings is 3. The van der Waals surface area contributed by atoms with Gasteiger partial charge in [0, 0.05) is 23.9 Å². The van der Waals surface area contributed by atoms with Gasteiger partial charge >= 0.3 is 0 Å². The maximum atomic E-state index is 12.9. The molecule has 0 radical (unpaired) electrons. The molecule has 214 valence electrons. The maximum Gasteiger partial charge on any atom is 0.271 e. The number of amides is 1. The van der Waals surface area contributed by atoms with Crippen LogP contribution in [-0.4, -0.2) is 61.8 Å². The molecule has 16 heteroatoms. The van der Waals surface area contributed by atoms with Gasteiger partial charge in [-0.1, -0.05) is 0 Å². The van der Waals surface area contributed by atoms with Gasteiger partial charge in [0.15, 0.2) is 0 Å². The highest BCUT2D eigenvalue weighted by molar-refractivity contribution is 7.92. The van der Waals surface area contributed by atoms with Crippen LogP contribution in [0.2, 0.25) is 0 Å². The zero-order valence-corrected chi connectivity index (χ0v) is 23.4. The van der Waals surface area contributed by atoms with Crippen LogP contribution >= 0.6 is 0 Å². The SMILES string of the molecule is COc1ccc(NS(=O)(=O)c2ccc(NC(=O)CN(c3cc([N+](=O)[O-])ccc3OC)S(C)(=O)=O)cc2)c(OC)c1. The fraction of sp³-hybridized carbons (Fsp3) is 0.208. The van der Waals surface area contributed by atoms with Crippen molar-refractivity contribution in [2.45, 2.75) is 4.90 Å². The third-order valence-electron chi connectivity index (χ3n) is 5.43. The summed E-state index contributed by atoms with van der Waals surface area (Å²) in [7, 11) is -4.04. The Labute approximate surface area is 230 Å². The van der Waals surface area contributed by atoms with Gasteiger partial charge in [0.1, 0.15) is 29.5 Å². The predicted molar refractivity (Wildman–Crippen MR) is 147 cm³/mol. The van der Waals surface area contributed by atoms with Crippen LogP contribution in [0, 0.1) is 10.1 Å². The molecule has 2 N–H and O–H groups in total. The van der Waals surface area contributed by atoms with Crippen molar-refractivity contribution in [2.24, 2.45) is 0 Å². The van der Waals surface area contributed by atoms with Crippen molar-refractivity contribution < 1.29 is 40.8 Å². The molecule has 0 spiro atoms. The maximum absolute atomic E-state index is 12.9. The third kappa shape index (κ3) is 7.09. The molecular formula is C24H26N4O10S2. The first-order chi connectivity index (χ1) is 18.8. The second kappa shape index (κ2) is 12.1. The van der Waals surface area contributed by atoms with E-state index in [9.17, 15) is 31.7 Å². The van der Waals surface area contributed by atoms with Crippen molar-refractivity contribution in [1.82, 2.24) is 0 Å². The standard InChI is InChI=1S/C24H26N4O10S2/c1-36-18-8-11-20(23(14-18)38-3)26-40(34,35)19-9-5-16(6-10-19)25-24(29)15-27(39(4,32)33)21-13-17(28(30)31)7-12-22(21)37-2/h5-14,26H,15H2,1-4H3,(H,25,29). The summed E-state index contributed by atoms with van der Waals surface area (Å²) in [5.41, 5.74) is -0.248. The molecule has 0 aliphatic heterocycles. The highest BCUT2D eigenvalue weighted by Gasteiger charge is 2.26. The summed E-state index contributed by atoms with van der Waals surface area (Å²) in [6.45, 7) is -0.741. The fourth-order valence-corrected chi connectivity index (χ4v) is 5.42. The van der Waals surface area contributed by atoms with Crippen molar-refractivity contribution >= 4 is 48.7 Å². The number of rotatable bonds is 12. The Morgan fingerprint density at radius 1 is 0.900 bits per heavy atom. The summed E-state index contributed by atoms with van der Waals surface area (Å²) in [4.78, 5) is 23.1. The Morgan fingerprint density at radius 2 is 1.55 bits per heavy atom. The third-order valence-corrected chi connectivity index (χ3v) is 7.94. The van der Waals surface area contributed by atoms with E-state index in [1.165, 1.54) is 63.8 Å². The monoisotopic (exact) mass is 594 g/mol. The number of carbonyl (C=O) groups excluding carboxylic acids is 1. The van der Waals surface area contributed by atoms with Gasteiger partial charge in [-0.15, -0.1) is 0 Å². The molecule has 0 aliphatic rings. The van der Waals surface area contributed by atoms with Crippen LogP contribution in [-0.2, 0) is 24.8 Å². The van der Waals surface area contributed by atoms with E-state index in [-0.39, 0.29) is 33.5 Å². The predicted octanol–water partition coefficient (Wildman–Crippen LogP) is 2.83. The summed E-state index contributed by atoms with van der Waals surface area (Å²) in [6, 6.07) is 13.0. The Morgan fingerprint density at radius 3 is 2.10 bits per heavy atom. The molecule has 3 aromatic carbocycles. The fourth-order valence-electron chi connectivity index (χ4n) is 3.50. The zero-order chi connectivity index (χ0) is 29.7. The van der Waals surface area contributed by atoms with Crippen LogP contribution in [0.4, 0.5) is 22.7 Å². The van der Waals surface area contributed by atoms with Crippen molar-refractivity contribution in [3.8, 4) is 17.2 Å². The number of methoxy groups -OCH3 is 3. The molecule has 0 heterocycles. The molecule has 14 nitrogen and oxygen atoms in total. The van der Waals surface area contributed by atoms with Crippen molar-refractivity contribution in [3.05, 3.63) is 70.8 Å². The number of anilines is 3. The molecule has 0 aromatic heterocycles. The number of nitrogens with one attached hydrogen (secondary N) is 2. The number of non-ortho nitro benzene ring substituents is 1. The number of nitro groups is 1. The van der Waals surface area contributed by atoms with Gasteiger partial charge in [-0.05, 0) is 42.5 Å².